The lowest BCUT2D eigenvalue weighted by molar-refractivity contribution is -0.139. The summed E-state index contributed by atoms with van der Waals surface area (Å²) in [7, 11) is -3.84. The molecule has 0 aliphatic rings. The summed E-state index contributed by atoms with van der Waals surface area (Å²) in [5, 5.41) is 10.8. The van der Waals surface area contributed by atoms with E-state index in [1.54, 1.807) is 17.5 Å². The number of carbonyl (C=O) groups is 1. The Morgan fingerprint density at radius 1 is 1.44 bits per heavy atom. The summed E-state index contributed by atoms with van der Waals surface area (Å²) in [6, 6.07) is 3.32. The first-order chi connectivity index (χ1) is 8.50. The SMILES string of the molecule is O=C(O)C(NS(=O)(=O)c1cc[nH]c1)c1cccs1. The zero-order valence-corrected chi connectivity index (χ0v) is 10.7. The second-order valence-electron chi connectivity index (χ2n) is 3.45. The summed E-state index contributed by atoms with van der Waals surface area (Å²) >= 11 is 1.18. The molecule has 6 nitrogen and oxygen atoms in total. The molecule has 0 fully saturated rings. The molecular weight excluding hydrogens is 276 g/mol. The van der Waals surface area contributed by atoms with Gasteiger partial charge in [0.1, 0.15) is 0 Å². The number of carboxylic acid groups (broad SMARTS) is 1. The van der Waals surface area contributed by atoms with E-state index in [-0.39, 0.29) is 4.90 Å². The van der Waals surface area contributed by atoms with Crippen molar-refractivity contribution in [1.29, 1.82) is 0 Å². The Morgan fingerprint density at radius 3 is 2.72 bits per heavy atom. The van der Waals surface area contributed by atoms with Gasteiger partial charge in [-0.3, -0.25) is 4.79 Å². The predicted octanol–water partition coefficient (Wildman–Crippen LogP) is 1.18. The van der Waals surface area contributed by atoms with Crippen LogP contribution in [0.25, 0.3) is 0 Å². The van der Waals surface area contributed by atoms with Crippen molar-refractivity contribution in [2.24, 2.45) is 0 Å². The Kier molecular flexibility index (Phi) is 3.50. The molecule has 3 N–H and O–H groups in total. The molecule has 0 aliphatic carbocycles. The Hall–Kier alpha value is -1.64. The van der Waals surface area contributed by atoms with Gasteiger partial charge in [-0.05, 0) is 17.5 Å². The van der Waals surface area contributed by atoms with Gasteiger partial charge in [0.2, 0.25) is 10.0 Å². The molecule has 0 saturated carbocycles. The highest BCUT2D eigenvalue weighted by atomic mass is 32.2. The van der Waals surface area contributed by atoms with Crippen LogP contribution in [0.5, 0.6) is 0 Å². The highest BCUT2D eigenvalue weighted by molar-refractivity contribution is 7.89. The lowest BCUT2D eigenvalue weighted by Crippen LogP contribution is -2.33. The molecule has 0 bridgehead atoms. The van der Waals surface area contributed by atoms with Crippen LogP contribution in [-0.4, -0.2) is 24.5 Å². The van der Waals surface area contributed by atoms with Crippen LogP contribution in [0.1, 0.15) is 10.9 Å². The maximum atomic E-state index is 11.9. The number of rotatable bonds is 5. The van der Waals surface area contributed by atoms with Crippen molar-refractivity contribution in [2.45, 2.75) is 10.9 Å². The molecule has 18 heavy (non-hydrogen) atoms. The molecule has 0 radical (unpaired) electrons. The van der Waals surface area contributed by atoms with Gasteiger partial charge < -0.3 is 10.1 Å². The number of thiophene rings is 1. The van der Waals surface area contributed by atoms with Gasteiger partial charge in [0.25, 0.3) is 0 Å². The Balaban J connectivity index is 2.29. The number of aromatic amines is 1. The Labute approximate surface area is 107 Å². The van der Waals surface area contributed by atoms with Gasteiger partial charge in [0.15, 0.2) is 6.04 Å². The molecule has 96 valence electrons. The molecule has 0 saturated heterocycles. The molecule has 8 heteroatoms. The topological polar surface area (TPSA) is 99.3 Å². The molecule has 2 heterocycles. The number of H-pyrrole nitrogens is 1. The zero-order chi connectivity index (χ0) is 13.2. The first-order valence-corrected chi connectivity index (χ1v) is 7.28. The van der Waals surface area contributed by atoms with Crippen LogP contribution in [0.2, 0.25) is 0 Å². The minimum atomic E-state index is -3.84. The minimum Gasteiger partial charge on any atom is -0.480 e. The smallest absolute Gasteiger partial charge is 0.327 e. The third kappa shape index (κ3) is 2.61. The number of carboxylic acids is 1. The number of hydrogen-bond donors (Lipinski definition) is 3. The van der Waals surface area contributed by atoms with E-state index < -0.39 is 22.0 Å². The van der Waals surface area contributed by atoms with Crippen molar-refractivity contribution >= 4 is 27.3 Å². The Bertz CT molecular complexity index is 617. The molecule has 1 atom stereocenters. The maximum absolute atomic E-state index is 11.9. The van der Waals surface area contributed by atoms with E-state index in [0.717, 1.165) is 0 Å². The van der Waals surface area contributed by atoms with Gasteiger partial charge in [0.05, 0.1) is 4.90 Å². The van der Waals surface area contributed by atoms with Gasteiger partial charge in [-0.1, -0.05) is 6.07 Å². The Morgan fingerprint density at radius 2 is 2.22 bits per heavy atom. The fourth-order valence-electron chi connectivity index (χ4n) is 1.38. The fourth-order valence-corrected chi connectivity index (χ4v) is 3.37. The van der Waals surface area contributed by atoms with E-state index in [0.29, 0.717) is 4.88 Å². The molecule has 0 aromatic carbocycles. The van der Waals surface area contributed by atoms with Crippen LogP contribution in [-0.2, 0) is 14.8 Å². The molecule has 1 unspecified atom stereocenters. The van der Waals surface area contributed by atoms with Crippen molar-refractivity contribution in [3.05, 3.63) is 40.8 Å². The van der Waals surface area contributed by atoms with Crippen molar-refractivity contribution in [3.63, 3.8) is 0 Å². The van der Waals surface area contributed by atoms with Gasteiger partial charge in [-0.25, -0.2) is 8.42 Å². The second-order valence-corrected chi connectivity index (χ2v) is 6.15. The third-order valence-electron chi connectivity index (χ3n) is 2.23. The van der Waals surface area contributed by atoms with Gasteiger partial charge in [-0.15, -0.1) is 11.3 Å². The first-order valence-electron chi connectivity index (χ1n) is 4.92. The zero-order valence-electron chi connectivity index (χ0n) is 9.03. The summed E-state index contributed by atoms with van der Waals surface area (Å²) in [5.41, 5.74) is 0. The lowest BCUT2D eigenvalue weighted by atomic mass is 10.3. The molecule has 0 aliphatic heterocycles. The van der Waals surface area contributed by atoms with E-state index in [4.69, 9.17) is 5.11 Å². The van der Waals surface area contributed by atoms with Crippen LogP contribution in [0.3, 0.4) is 0 Å². The largest absolute Gasteiger partial charge is 0.480 e. The third-order valence-corrected chi connectivity index (χ3v) is 4.59. The van der Waals surface area contributed by atoms with E-state index in [2.05, 4.69) is 9.71 Å². The van der Waals surface area contributed by atoms with Crippen LogP contribution in [0, 0.1) is 0 Å². The normalized spacial score (nSPS) is 13.3. The number of aromatic nitrogens is 1. The minimum absolute atomic E-state index is 0.00491. The van der Waals surface area contributed by atoms with E-state index in [1.807, 2.05) is 0 Å². The summed E-state index contributed by atoms with van der Waals surface area (Å²) in [6.07, 6.45) is 2.74. The van der Waals surface area contributed by atoms with Gasteiger partial charge in [-0.2, -0.15) is 4.72 Å². The first kappa shape index (κ1) is 12.8. The molecule has 2 aromatic rings. The number of nitrogens with one attached hydrogen (secondary N) is 2. The average molecular weight is 286 g/mol. The standard InChI is InChI=1S/C10H10N2O4S2/c13-10(14)9(8-2-1-5-17-8)12-18(15,16)7-3-4-11-6-7/h1-6,9,11-12H,(H,13,14). The van der Waals surface area contributed by atoms with Crippen molar-refractivity contribution in [2.75, 3.05) is 0 Å². The van der Waals surface area contributed by atoms with Crippen molar-refractivity contribution in [3.8, 4) is 0 Å². The van der Waals surface area contributed by atoms with Crippen LogP contribution < -0.4 is 4.72 Å². The van der Waals surface area contributed by atoms with E-state index >= 15 is 0 Å². The highest BCUT2D eigenvalue weighted by Crippen LogP contribution is 2.21. The number of aliphatic carboxylic acids is 1. The molecule has 2 rings (SSSR count). The number of sulfonamides is 1. The van der Waals surface area contributed by atoms with Crippen LogP contribution >= 0.6 is 11.3 Å². The monoisotopic (exact) mass is 286 g/mol. The summed E-state index contributed by atoms with van der Waals surface area (Å²) < 4.78 is 26.0. The maximum Gasteiger partial charge on any atom is 0.327 e. The predicted molar refractivity (Wildman–Crippen MR) is 65.8 cm³/mol. The molecular formula is C10H10N2O4S2. The summed E-state index contributed by atoms with van der Waals surface area (Å²) in [5.74, 6) is -1.24. The van der Waals surface area contributed by atoms with Crippen molar-refractivity contribution in [1.82, 2.24) is 9.71 Å². The van der Waals surface area contributed by atoms with Crippen LogP contribution in [0.15, 0.2) is 40.9 Å². The van der Waals surface area contributed by atoms with Gasteiger partial charge >= 0.3 is 5.97 Å². The highest BCUT2D eigenvalue weighted by Gasteiger charge is 2.27. The fraction of sp³-hybridized carbons (Fsp3) is 0.100. The van der Waals surface area contributed by atoms with Crippen molar-refractivity contribution < 1.29 is 18.3 Å². The average Bonchev–Trinajstić information content (AvgIpc) is 2.98. The molecule has 0 spiro atoms. The lowest BCUT2D eigenvalue weighted by Gasteiger charge is -2.12. The molecule has 0 amide bonds. The van der Waals surface area contributed by atoms with Gasteiger partial charge in [0, 0.05) is 17.3 Å². The number of hydrogen-bond acceptors (Lipinski definition) is 4. The van der Waals surface area contributed by atoms with Crippen LogP contribution in [0.4, 0.5) is 0 Å². The summed E-state index contributed by atoms with van der Waals surface area (Å²) in [4.78, 5) is 14.2. The van der Waals surface area contributed by atoms with E-state index in [1.165, 1.54) is 29.8 Å². The molecule has 2 aromatic heterocycles. The van der Waals surface area contributed by atoms with E-state index in [9.17, 15) is 13.2 Å². The quantitative estimate of drug-likeness (QED) is 0.768. The second kappa shape index (κ2) is 4.92. The summed E-state index contributed by atoms with van der Waals surface area (Å²) in [6.45, 7) is 0.